The van der Waals surface area contributed by atoms with E-state index < -0.39 is 42.5 Å². The third kappa shape index (κ3) is 3.44. The molecule has 1 aliphatic carbocycles. The van der Waals surface area contributed by atoms with Crippen LogP contribution >= 0.6 is 0 Å². The zero-order valence-corrected chi connectivity index (χ0v) is 13.0. The van der Waals surface area contributed by atoms with Gasteiger partial charge in [-0.05, 0) is 12.0 Å². The van der Waals surface area contributed by atoms with E-state index in [9.17, 15) is 23.2 Å². The smallest absolute Gasteiger partial charge is 0.289 e. The first-order chi connectivity index (χ1) is 11.4. The number of carbonyl (C=O) groups is 3. The third-order valence-corrected chi connectivity index (χ3v) is 4.48. The van der Waals surface area contributed by atoms with Crippen molar-refractivity contribution in [2.75, 3.05) is 0 Å². The van der Waals surface area contributed by atoms with Crippen LogP contribution in [0.1, 0.15) is 31.2 Å². The molecule has 1 saturated heterocycles. The van der Waals surface area contributed by atoms with Gasteiger partial charge in [0.15, 0.2) is 0 Å². The number of amides is 2. The number of hydrogen-bond acceptors (Lipinski definition) is 3. The zero-order chi connectivity index (χ0) is 17.3. The van der Waals surface area contributed by atoms with E-state index in [0.29, 0.717) is 0 Å². The molecule has 0 unspecified atom stereocenters. The number of likely N-dealkylation sites (tertiary alicyclic amines) is 1. The molecule has 1 aromatic carbocycles. The van der Waals surface area contributed by atoms with Gasteiger partial charge in [-0.15, -0.1) is 0 Å². The fraction of sp³-hybridized carbons (Fsp3) is 0.471. The molecule has 1 atom stereocenters. The molecule has 24 heavy (non-hydrogen) atoms. The molecule has 2 amide bonds. The molecule has 0 radical (unpaired) electrons. The van der Waals surface area contributed by atoms with Gasteiger partial charge in [-0.25, -0.2) is 8.78 Å². The highest BCUT2D eigenvalue weighted by Crippen LogP contribution is 2.37. The van der Waals surface area contributed by atoms with Crippen molar-refractivity contribution >= 4 is 17.6 Å². The second-order valence-corrected chi connectivity index (χ2v) is 6.36. The quantitative estimate of drug-likeness (QED) is 0.832. The van der Waals surface area contributed by atoms with Crippen LogP contribution in [0.3, 0.4) is 0 Å². The number of nitrogens with one attached hydrogen (secondary N) is 1. The van der Waals surface area contributed by atoms with Crippen molar-refractivity contribution in [2.45, 2.75) is 50.2 Å². The van der Waals surface area contributed by atoms with Crippen molar-refractivity contribution < 1.29 is 23.2 Å². The lowest BCUT2D eigenvalue weighted by Crippen LogP contribution is -2.54. The molecule has 128 valence electrons. The molecule has 2 fully saturated rings. The van der Waals surface area contributed by atoms with Crippen molar-refractivity contribution in [2.24, 2.45) is 0 Å². The van der Waals surface area contributed by atoms with Crippen LogP contribution in [-0.4, -0.2) is 40.5 Å². The lowest BCUT2D eigenvalue weighted by atomic mass is 9.88. The topological polar surface area (TPSA) is 66.5 Å². The summed E-state index contributed by atoms with van der Waals surface area (Å²) in [4.78, 5) is 37.8. The summed E-state index contributed by atoms with van der Waals surface area (Å²) >= 11 is 0. The van der Waals surface area contributed by atoms with Crippen LogP contribution in [0.15, 0.2) is 30.3 Å². The summed E-state index contributed by atoms with van der Waals surface area (Å²) in [7, 11) is 0. The monoisotopic (exact) mass is 336 g/mol. The summed E-state index contributed by atoms with van der Waals surface area (Å²) in [6, 6.07) is 7.69. The fourth-order valence-electron chi connectivity index (χ4n) is 3.16. The maximum absolute atomic E-state index is 12.8. The summed E-state index contributed by atoms with van der Waals surface area (Å²) in [5.41, 5.74) is 0.865. The van der Waals surface area contributed by atoms with Crippen LogP contribution in [0.4, 0.5) is 8.78 Å². The Labute approximate surface area is 138 Å². The number of Topliss-reactive ketones (excluding diaryl/α,β-unsaturated/α-hetero) is 1. The molecule has 1 heterocycles. The molecule has 0 bridgehead atoms. The van der Waals surface area contributed by atoms with E-state index in [4.69, 9.17) is 0 Å². The second kappa shape index (κ2) is 6.30. The van der Waals surface area contributed by atoms with E-state index in [-0.39, 0.29) is 25.3 Å². The van der Waals surface area contributed by atoms with Crippen molar-refractivity contribution in [1.82, 2.24) is 10.2 Å². The minimum atomic E-state index is -2.76. The molecule has 1 N–H and O–H groups in total. The molecule has 0 spiro atoms. The number of nitrogens with zero attached hydrogens (tertiary/aromatic N) is 1. The van der Waals surface area contributed by atoms with Gasteiger partial charge in [0.25, 0.3) is 11.8 Å². The molecule has 2 aliphatic rings. The Hall–Kier alpha value is -2.31. The van der Waals surface area contributed by atoms with Crippen LogP contribution in [0.5, 0.6) is 0 Å². The maximum atomic E-state index is 12.8. The van der Waals surface area contributed by atoms with Gasteiger partial charge < -0.3 is 10.2 Å². The van der Waals surface area contributed by atoms with Gasteiger partial charge in [0.2, 0.25) is 11.7 Å². The van der Waals surface area contributed by atoms with Gasteiger partial charge in [0.05, 0.1) is 0 Å². The number of benzene rings is 1. The lowest BCUT2D eigenvalue weighted by molar-refractivity contribution is -0.146. The third-order valence-electron chi connectivity index (χ3n) is 4.48. The van der Waals surface area contributed by atoms with Gasteiger partial charge in [-0.2, -0.15) is 0 Å². The minimum Gasteiger partial charge on any atom is -0.346 e. The number of alkyl halides is 2. The Kier molecular flexibility index (Phi) is 4.34. The van der Waals surface area contributed by atoms with Crippen molar-refractivity contribution in [3.05, 3.63) is 35.9 Å². The second-order valence-electron chi connectivity index (χ2n) is 6.36. The van der Waals surface area contributed by atoms with E-state index in [1.54, 1.807) is 0 Å². The number of hydrogen-bond donors (Lipinski definition) is 1. The Morgan fingerprint density at radius 1 is 1.21 bits per heavy atom. The number of ketones is 1. The fourth-order valence-corrected chi connectivity index (χ4v) is 3.16. The summed E-state index contributed by atoms with van der Waals surface area (Å²) in [5, 5.41) is 2.34. The van der Waals surface area contributed by atoms with Crippen molar-refractivity contribution in [3.63, 3.8) is 0 Å². The van der Waals surface area contributed by atoms with Gasteiger partial charge in [0, 0.05) is 31.8 Å². The van der Waals surface area contributed by atoms with Crippen LogP contribution in [-0.2, 0) is 20.9 Å². The first kappa shape index (κ1) is 16.5. The van der Waals surface area contributed by atoms with E-state index in [1.807, 2.05) is 30.3 Å². The normalized spacial score (nSPS) is 23.0. The Morgan fingerprint density at radius 3 is 2.50 bits per heavy atom. The van der Waals surface area contributed by atoms with E-state index in [1.165, 1.54) is 4.90 Å². The lowest BCUT2D eigenvalue weighted by Gasteiger charge is -2.35. The van der Waals surface area contributed by atoms with Gasteiger partial charge in [0.1, 0.15) is 6.04 Å². The van der Waals surface area contributed by atoms with E-state index >= 15 is 0 Å². The molecule has 0 aromatic heterocycles. The number of carbonyl (C=O) groups excluding carboxylic acids is 3. The summed E-state index contributed by atoms with van der Waals surface area (Å²) in [6.07, 6.45) is -0.399. The van der Waals surface area contributed by atoms with E-state index in [2.05, 4.69) is 5.32 Å². The standard InChI is InChI=1S/C17H18F2N2O3/c18-17(19)8-12(9-17)20-16(24)15(23)13-6-7-14(22)21(13)10-11-4-2-1-3-5-11/h1-5,12-13H,6-10H2,(H,20,24)/t13-/m1/s1. The molecule has 1 aromatic rings. The van der Waals surface area contributed by atoms with Crippen molar-refractivity contribution in [1.29, 1.82) is 0 Å². The zero-order valence-electron chi connectivity index (χ0n) is 13.0. The first-order valence-corrected chi connectivity index (χ1v) is 7.92. The summed E-state index contributed by atoms with van der Waals surface area (Å²) in [5.74, 6) is -4.55. The molecule has 7 heteroatoms. The molecule has 3 rings (SSSR count). The average molecular weight is 336 g/mol. The van der Waals surface area contributed by atoms with Gasteiger partial charge >= 0.3 is 0 Å². The summed E-state index contributed by atoms with van der Waals surface area (Å²) < 4.78 is 25.6. The Balaban J connectivity index is 1.62. The van der Waals surface area contributed by atoms with Gasteiger partial charge in [-0.3, -0.25) is 14.4 Å². The van der Waals surface area contributed by atoms with Crippen LogP contribution in [0, 0.1) is 0 Å². The molecule has 1 saturated carbocycles. The van der Waals surface area contributed by atoms with Crippen LogP contribution in [0.2, 0.25) is 0 Å². The maximum Gasteiger partial charge on any atom is 0.289 e. The van der Waals surface area contributed by atoms with Crippen molar-refractivity contribution in [3.8, 4) is 0 Å². The molecule has 1 aliphatic heterocycles. The highest BCUT2D eigenvalue weighted by atomic mass is 19.3. The predicted molar refractivity (Wildman–Crippen MR) is 81.1 cm³/mol. The Morgan fingerprint density at radius 2 is 1.88 bits per heavy atom. The SMILES string of the molecule is O=C(NC1CC(F)(F)C1)C(=O)[C@H]1CCC(=O)N1Cc1ccccc1. The number of rotatable bonds is 5. The Bertz CT molecular complexity index is 655. The van der Waals surface area contributed by atoms with Crippen LogP contribution < -0.4 is 5.32 Å². The minimum absolute atomic E-state index is 0.180. The van der Waals surface area contributed by atoms with E-state index in [0.717, 1.165) is 5.56 Å². The summed E-state index contributed by atoms with van der Waals surface area (Å²) in [6.45, 7) is 0.255. The number of halogens is 2. The average Bonchev–Trinajstić information content (AvgIpc) is 2.87. The highest BCUT2D eigenvalue weighted by molar-refractivity contribution is 6.38. The van der Waals surface area contributed by atoms with Gasteiger partial charge in [-0.1, -0.05) is 30.3 Å². The first-order valence-electron chi connectivity index (χ1n) is 7.92. The molecule has 5 nitrogen and oxygen atoms in total. The highest BCUT2D eigenvalue weighted by Gasteiger charge is 2.47. The molecular weight excluding hydrogens is 318 g/mol. The van der Waals surface area contributed by atoms with Crippen LogP contribution in [0.25, 0.3) is 0 Å². The predicted octanol–water partition coefficient (Wildman–Crippen LogP) is 1.66. The molecular formula is C17H18F2N2O3. The largest absolute Gasteiger partial charge is 0.346 e.